The summed E-state index contributed by atoms with van der Waals surface area (Å²) >= 11 is 0. The zero-order chi connectivity index (χ0) is 24.0. The van der Waals surface area contributed by atoms with E-state index < -0.39 is 40.8 Å². The summed E-state index contributed by atoms with van der Waals surface area (Å²) in [6.45, 7) is -0.205. The van der Waals surface area contributed by atoms with E-state index in [1.54, 1.807) is 24.3 Å². The number of rotatable bonds is 6. The Morgan fingerprint density at radius 2 is 1.88 bits per heavy atom. The second kappa shape index (κ2) is 8.05. The molecule has 174 valence electrons. The van der Waals surface area contributed by atoms with E-state index in [4.69, 9.17) is 10.8 Å². The fraction of sp³-hybridized carbons (Fsp3) is 0.348. The Morgan fingerprint density at radius 1 is 1.18 bits per heavy atom. The van der Waals surface area contributed by atoms with Gasteiger partial charge in [0.25, 0.3) is 0 Å². The van der Waals surface area contributed by atoms with E-state index in [9.17, 15) is 29.7 Å². The van der Waals surface area contributed by atoms with Crippen LogP contribution in [0.5, 0.6) is 11.5 Å². The maximum Gasteiger partial charge on any atom is 0.305 e. The van der Waals surface area contributed by atoms with Crippen molar-refractivity contribution in [2.45, 2.75) is 43.0 Å². The topological polar surface area (TPSA) is 173 Å². The Bertz CT molecular complexity index is 1120. The molecule has 0 saturated carbocycles. The average molecular weight is 455 g/mol. The van der Waals surface area contributed by atoms with Crippen LogP contribution in [0.15, 0.2) is 42.5 Å². The van der Waals surface area contributed by atoms with Crippen LogP contribution in [0, 0.1) is 0 Å². The maximum atomic E-state index is 13.2. The molecule has 0 aromatic heterocycles. The highest BCUT2D eigenvalue weighted by atomic mass is 16.4. The molecule has 7 N–H and O–H groups in total. The number of phenols is 2. The largest absolute Gasteiger partial charge is 0.508 e. The van der Waals surface area contributed by atoms with Gasteiger partial charge in [-0.05, 0) is 23.6 Å². The summed E-state index contributed by atoms with van der Waals surface area (Å²) in [5.74, 6) is -3.16. The van der Waals surface area contributed by atoms with Crippen molar-refractivity contribution in [1.29, 1.82) is 0 Å². The summed E-state index contributed by atoms with van der Waals surface area (Å²) in [6, 6.07) is 9.86. The van der Waals surface area contributed by atoms with Crippen molar-refractivity contribution in [2.75, 3.05) is 6.54 Å². The summed E-state index contributed by atoms with van der Waals surface area (Å²) in [7, 11) is 0. The second-order valence-corrected chi connectivity index (χ2v) is 8.48. The molecule has 4 rings (SSSR count). The van der Waals surface area contributed by atoms with Gasteiger partial charge in [0.2, 0.25) is 11.8 Å². The molecule has 0 spiro atoms. The lowest BCUT2D eigenvalue weighted by atomic mass is 9.68. The number of aliphatic carboxylic acids is 1. The number of carbonyl (C=O) groups excluding carboxylic acids is 2. The van der Waals surface area contributed by atoms with Gasteiger partial charge in [-0.1, -0.05) is 30.3 Å². The van der Waals surface area contributed by atoms with Gasteiger partial charge >= 0.3 is 5.97 Å². The van der Waals surface area contributed by atoms with Crippen LogP contribution in [0.2, 0.25) is 0 Å². The van der Waals surface area contributed by atoms with Crippen LogP contribution in [0.3, 0.4) is 0 Å². The molecule has 0 aliphatic carbocycles. The van der Waals surface area contributed by atoms with Crippen LogP contribution >= 0.6 is 0 Å². The Balaban J connectivity index is 1.89. The number of hydrogen-bond donors (Lipinski definition) is 6. The highest BCUT2D eigenvalue weighted by Crippen LogP contribution is 2.56. The minimum absolute atomic E-state index is 0.0345. The maximum absolute atomic E-state index is 13.2. The number of carboxylic acids is 1. The summed E-state index contributed by atoms with van der Waals surface area (Å²) < 4.78 is 0. The van der Waals surface area contributed by atoms with Crippen LogP contribution in [0.4, 0.5) is 0 Å². The quantitative estimate of drug-likeness (QED) is 0.364. The molecule has 2 aliphatic rings. The molecule has 2 aliphatic heterocycles. The lowest BCUT2D eigenvalue weighted by molar-refractivity contribution is -0.185. The van der Waals surface area contributed by atoms with Crippen molar-refractivity contribution in [3.05, 3.63) is 59.2 Å². The van der Waals surface area contributed by atoms with Crippen LogP contribution in [-0.4, -0.2) is 55.4 Å². The number of carboxylic acid groups (broad SMARTS) is 1. The molecule has 3 atom stereocenters. The highest BCUT2D eigenvalue weighted by molar-refractivity contribution is 5.92. The van der Waals surface area contributed by atoms with Gasteiger partial charge in [0, 0.05) is 31.0 Å². The van der Waals surface area contributed by atoms with Gasteiger partial charge in [-0.3, -0.25) is 19.3 Å². The lowest BCUT2D eigenvalue weighted by Crippen LogP contribution is -2.70. The minimum Gasteiger partial charge on any atom is -0.508 e. The molecule has 1 fully saturated rings. The van der Waals surface area contributed by atoms with E-state index in [0.717, 1.165) is 16.5 Å². The summed E-state index contributed by atoms with van der Waals surface area (Å²) in [6.07, 6.45) is -0.464. The third-order valence-electron chi connectivity index (χ3n) is 6.41. The fourth-order valence-electron chi connectivity index (χ4n) is 4.99. The third-order valence-corrected chi connectivity index (χ3v) is 6.41. The molecule has 0 unspecified atom stereocenters. The van der Waals surface area contributed by atoms with Gasteiger partial charge in [0.05, 0.1) is 12.0 Å². The molecule has 2 aromatic rings. The van der Waals surface area contributed by atoms with Gasteiger partial charge in [-0.25, -0.2) is 0 Å². The first kappa shape index (κ1) is 22.6. The Morgan fingerprint density at radius 3 is 2.55 bits per heavy atom. The molecular weight excluding hydrogens is 430 g/mol. The van der Waals surface area contributed by atoms with Gasteiger partial charge in [-0.2, -0.15) is 0 Å². The van der Waals surface area contributed by atoms with Crippen LogP contribution in [0.25, 0.3) is 0 Å². The van der Waals surface area contributed by atoms with Gasteiger partial charge in [0.15, 0.2) is 5.72 Å². The molecule has 33 heavy (non-hydrogen) atoms. The van der Waals surface area contributed by atoms with Gasteiger partial charge in [0.1, 0.15) is 17.5 Å². The van der Waals surface area contributed by atoms with E-state index in [1.807, 2.05) is 6.07 Å². The minimum atomic E-state index is -2.02. The number of fused-ring (bicyclic) bond motifs is 2. The second-order valence-electron chi connectivity index (χ2n) is 8.48. The number of nitrogens with zero attached hydrogens (tertiary/aromatic N) is 1. The summed E-state index contributed by atoms with van der Waals surface area (Å²) in [5.41, 5.74) is 3.97. The normalized spacial score (nSPS) is 25.9. The van der Waals surface area contributed by atoms with E-state index >= 15 is 0 Å². The number of aliphatic hydroxyl groups is 1. The zero-order valence-electron chi connectivity index (χ0n) is 17.7. The molecule has 1 saturated heterocycles. The van der Waals surface area contributed by atoms with Crippen LogP contribution in [0.1, 0.15) is 42.0 Å². The Kier molecular flexibility index (Phi) is 5.51. The molecule has 2 aromatic carbocycles. The first-order valence-corrected chi connectivity index (χ1v) is 10.5. The van der Waals surface area contributed by atoms with Crippen molar-refractivity contribution >= 4 is 17.8 Å². The average Bonchev–Trinajstić information content (AvgIpc) is 3.04. The lowest BCUT2D eigenvalue weighted by Gasteiger charge is -2.54. The van der Waals surface area contributed by atoms with Crippen molar-refractivity contribution in [2.24, 2.45) is 5.73 Å². The Hall–Kier alpha value is -3.63. The molecule has 0 radical (unpaired) electrons. The molecular formula is C23H25N3O7. The molecule has 0 bridgehead atoms. The number of hydrogen-bond acceptors (Lipinski definition) is 7. The van der Waals surface area contributed by atoms with Crippen LogP contribution in [-0.2, 0) is 26.3 Å². The van der Waals surface area contributed by atoms with Crippen molar-refractivity contribution < 1.29 is 34.8 Å². The van der Waals surface area contributed by atoms with Crippen LogP contribution < -0.4 is 11.1 Å². The van der Waals surface area contributed by atoms with E-state index in [-0.39, 0.29) is 49.1 Å². The van der Waals surface area contributed by atoms with Crippen molar-refractivity contribution in [3.63, 3.8) is 0 Å². The van der Waals surface area contributed by atoms with E-state index in [2.05, 4.69) is 5.32 Å². The number of nitrogens with two attached hydrogens (primary N) is 1. The van der Waals surface area contributed by atoms with Crippen molar-refractivity contribution in [3.8, 4) is 11.5 Å². The first-order chi connectivity index (χ1) is 15.6. The number of nitrogens with one attached hydrogen (secondary N) is 1. The number of carbonyl (C=O) groups is 3. The standard InChI is InChI=1S/C23H25N3O7/c24-22(12-13-4-2-1-3-5-13)19-15(10-14(27)11-16(19)28)20(21(32)25-9-7-18(30)31)26-17(29)6-8-23(22,26)33/h1-5,10-11,20,27-28,33H,6-9,12,24H2,(H,25,32)(H,30,31)/t20-,22-,23+/m1/s1. The van der Waals surface area contributed by atoms with E-state index in [0.29, 0.717) is 0 Å². The number of phenolic OH excluding ortho intramolecular Hbond substituents is 2. The first-order valence-electron chi connectivity index (χ1n) is 10.5. The number of benzene rings is 2. The summed E-state index contributed by atoms with van der Waals surface area (Å²) in [5, 5.41) is 44.2. The summed E-state index contributed by atoms with van der Waals surface area (Å²) in [4.78, 5) is 38.0. The number of amides is 2. The Labute approximate surface area is 189 Å². The molecule has 2 heterocycles. The smallest absolute Gasteiger partial charge is 0.305 e. The van der Waals surface area contributed by atoms with Gasteiger partial charge < -0.3 is 31.5 Å². The SMILES string of the molecule is N[C@]1(Cc2ccccc2)c2c(O)cc(O)cc2[C@H](C(=O)NCCC(=O)O)N2C(=O)CC[C@@]21O. The third kappa shape index (κ3) is 3.57. The monoisotopic (exact) mass is 455 g/mol. The van der Waals surface area contributed by atoms with E-state index in [1.165, 1.54) is 6.07 Å². The predicted molar refractivity (Wildman–Crippen MR) is 115 cm³/mol. The van der Waals surface area contributed by atoms with Crippen molar-refractivity contribution in [1.82, 2.24) is 10.2 Å². The zero-order valence-corrected chi connectivity index (χ0v) is 17.7. The predicted octanol–water partition coefficient (Wildman–Crippen LogP) is 0.451. The number of aromatic hydroxyl groups is 2. The molecule has 10 nitrogen and oxygen atoms in total. The molecule has 10 heteroatoms. The fourth-order valence-corrected chi connectivity index (χ4v) is 4.99. The molecule has 2 amide bonds. The highest BCUT2D eigenvalue weighted by Gasteiger charge is 2.65. The van der Waals surface area contributed by atoms with Gasteiger partial charge in [-0.15, -0.1) is 0 Å².